The number of hydrogen-bond acceptors (Lipinski definition) is 6. The number of nitrogens with zero attached hydrogens (tertiary/aromatic N) is 4. The van der Waals surface area contributed by atoms with Crippen LogP contribution in [0.4, 0.5) is 5.69 Å². The molecule has 0 aromatic carbocycles. The van der Waals surface area contributed by atoms with Crippen LogP contribution in [0, 0.1) is 0 Å². The van der Waals surface area contributed by atoms with E-state index in [2.05, 4.69) is 20.4 Å². The highest BCUT2D eigenvalue weighted by molar-refractivity contribution is 7.90. The van der Waals surface area contributed by atoms with Gasteiger partial charge in [0.1, 0.15) is 0 Å². The number of carbonyl (C=O) groups is 1. The molecule has 0 spiro atoms. The van der Waals surface area contributed by atoms with Crippen molar-refractivity contribution in [3.05, 3.63) is 65.9 Å². The molecular formula is C17H15N5O3S. The monoisotopic (exact) mass is 369 g/mol. The zero-order valence-electron chi connectivity index (χ0n) is 13.7. The minimum atomic E-state index is -3.26. The second-order valence-electron chi connectivity index (χ2n) is 5.91. The third-order valence-electron chi connectivity index (χ3n) is 4.12. The van der Waals surface area contributed by atoms with E-state index in [1.165, 1.54) is 0 Å². The highest BCUT2D eigenvalue weighted by Crippen LogP contribution is 2.26. The van der Waals surface area contributed by atoms with Gasteiger partial charge < -0.3 is 5.32 Å². The lowest BCUT2D eigenvalue weighted by atomic mass is 10.1. The number of fused-ring (bicyclic) bond motifs is 1. The molecule has 1 amide bonds. The number of sulfone groups is 1. The van der Waals surface area contributed by atoms with E-state index in [4.69, 9.17) is 0 Å². The number of amides is 1. The Kier molecular flexibility index (Phi) is 4.00. The summed E-state index contributed by atoms with van der Waals surface area (Å²) < 4.78 is 25.8. The quantitative estimate of drug-likeness (QED) is 0.748. The Balaban J connectivity index is 1.79. The topological polar surface area (TPSA) is 107 Å². The van der Waals surface area contributed by atoms with Crippen molar-refractivity contribution in [1.29, 1.82) is 0 Å². The summed E-state index contributed by atoms with van der Waals surface area (Å²) in [6.45, 7) is 0. The highest BCUT2D eigenvalue weighted by atomic mass is 32.2. The standard InChI is InChI=1S/C17H15N5O3S/c23-17(20-12-4-8-18-9-5-12)16-13-11-26(24,25)10-6-14(13)22(21-16)15-3-1-2-7-19-15/h1-5,7-9H,6,10-11H2,(H,18,20,23). The fourth-order valence-electron chi connectivity index (χ4n) is 2.91. The summed E-state index contributed by atoms with van der Waals surface area (Å²) in [5.41, 5.74) is 1.81. The first kappa shape index (κ1) is 16.4. The van der Waals surface area contributed by atoms with E-state index in [0.717, 1.165) is 0 Å². The van der Waals surface area contributed by atoms with Crippen molar-refractivity contribution >= 4 is 21.4 Å². The van der Waals surface area contributed by atoms with Gasteiger partial charge in [0.2, 0.25) is 0 Å². The summed E-state index contributed by atoms with van der Waals surface area (Å²) in [4.78, 5) is 20.9. The molecule has 132 valence electrons. The molecule has 4 rings (SSSR count). The van der Waals surface area contributed by atoms with Crippen LogP contribution in [0.1, 0.15) is 21.7 Å². The first-order valence-corrected chi connectivity index (χ1v) is 9.79. The van der Waals surface area contributed by atoms with Gasteiger partial charge in [-0.1, -0.05) is 6.07 Å². The number of rotatable bonds is 3. The molecule has 0 bridgehead atoms. The van der Waals surface area contributed by atoms with Crippen molar-refractivity contribution in [1.82, 2.24) is 19.7 Å². The minimum absolute atomic E-state index is 0.0317. The Morgan fingerprint density at radius 1 is 1.12 bits per heavy atom. The van der Waals surface area contributed by atoms with Gasteiger partial charge >= 0.3 is 0 Å². The van der Waals surface area contributed by atoms with Crippen molar-refractivity contribution in [2.75, 3.05) is 11.1 Å². The second-order valence-corrected chi connectivity index (χ2v) is 8.09. The molecule has 0 saturated carbocycles. The molecule has 4 heterocycles. The summed E-state index contributed by atoms with van der Waals surface area (Å²) >= 11 is 0. The number of anilines is 1. The molecule has 0 aliphatic carbocycles. The Hall–Kier alpha value is -3.07. The van der Waals surface area contributed by atoms with Crippen molar-refractivity contribution < 1.29 is 13.2 Å². The van der Waals surface area contributed by atoms with E-state index in [9.17, 15) is 13.2 Å². The first-order valence-electron chi connectivity index (χ1n) is 7.97. The van der Waals surface area contributed by atoms with E-state index >= 15 is 0 Å². The predicted molar refractivity (Wildman–Crippen MR) is 94.7 cm³/mol. The van der Waals surface area contributed by atoms with Gasteiger partial charge in [0, 0.05) is 36.3 Å². The Morgan fingerprint density at radius 2 is 1.92 bits per heavy atom. The molecule has 3 aromatic rings. The average Bonchev–Trinajstić information content (AvgIpc) is 3.01. The number of pyridine rings is 2. The van der Waals surface area contributed by atoms with E-state index in [0.29, 0.717) is 29.2 Å². The smallest absolute Gasteiger partial charge is 0.276 e. The molecule has 0 atom stereocenters. The van der Waals surface area contributed by atoms with Crippen LogP contribution in [0.15, 0.2) is 48.9 Å². The van der Waals surface area contributed by atoms with Crippen LogP contribution in [0.5, 0.6) is 0 Å². The van der Waals surface area contributed by atoms with Crippen LogP contribution in [-0.4, -0.2) is 39.8 Å². The van der Waals surface area contributed by atoms with E-state index in [-0.39, 0.29) is 17.2 Å². The molecule has 8 nitrogen and oxygen atoms in total. The summed E-state index contributed by atoms with van der Waals surface area (Å²) in [7, 11) is -3.26. The molecular weight excluding hydrogens is 354 g/mol. The number of carbonyl (C=O) groups excluding carboxylic acids is 1. The summed E-state index contributed by atoms with van der Waals surface area (Å²) in [5.74, 6) is -0.0803. The van der Waals surface area contributed by atoms with Crippen molar-refractivity contribution in [3.8, 4) is 5.82 Å². The fraction of sp³-hybridized carbons (Fsp3) is 0.176. The molecule has 1 aliphatic rings. The van der Waals surface area contributed by atoms with Gasteiger partial charge in [0.15, 0.2) is 21.3 Å². The summed E-state index contributed by atoms with van der Waals surface area (Å²) in [6.07, 6.45) is 5.04. The molecule has 9 heteroatoms. The van der Waals surface area contributed by atoms with Gasteiger partial charge in [-0.15, -0.1) is 0 Å². The average molecular weight is 369 g/mol. The normalized spacial score (nSPS) is 15.2. The van der Waals surface area contributed by atoms with Crippen LogP contribution in [-0.2, 0) is 22.0 Å². The maximum atomic E-state index is 12.7. The molecule has 3 aromatic heterocycles. The van der Waals surface area contributed by atoms with Crippen LogP contribution >= 0.6 is 0 Å². The predicted octanol–water partition coefficient (Wildman–Crippen LogP) is 1.39. The third kappa shape index (κ3) is 3.08. The van der Waals surface area contributed by atoms with Crippen molar-refractivity contribution in [2.24, 2.45) is 0 Å². The lowest BCUT2D eigenvalue weighted by Gasteiger charge is -2.14. The third-order valence-corrected chi connectivity index (χ3v) is 5.68. The Morgan fingerprint density at radius 3 is 2.65 bits per heavy atom. The molecule has 26 heavy (non-hydrogen) atoms. The largest absolute Gasteiger partial charge is 0.320 e. The van der Waals surface area contributed by atoms with E-state index in [1.54, 1.807) is 47.5 Å². The highest BCUT2D eigenvalue weighted by Gasteiger charge is 2.32. The Bertz CT molecular complexity index is 1060. The summed E-state index contributed by atoms with van der Waals surface area (Å²) in [5, 5.41) is 7.12. The molecule has 1 N–H and O–H groups in total. The Labute approximate surface area is 149 Å². The maximum Gasteiger partial charge on any atom is 0.276 e. The lowest BCUT2D eigenvalue weighted by Crippen LogP contribution is -2.22. The van der Waals surface area contributed by atoms with Gasteiger partial charge in [-0.3, -0.25) is 9.78 Å². The molecule has 0 saturated heterocycles. The van der Waals surface area contributed by atoms with E-state index in [1.807, 2.05) is 6.07 Å². The SMILES string of the molecule is O=C(Nc1ccncc1)c1nn(-c2ccccn2)c2c1CS(=O)(=O)CC2. The van der Waals surface area contributed by atoms with E-state index < -0.39 is 15.7 Å². The van der Waals surface area contributed by atoms with Gasteiger partial charge in [-0.05, 0) is 24.3 Å². The van der Waals surface area contributed by atoms with Gasteiger partial charge in [0.25, 0.3) is 5.91 Å². The maximum absolute atomic E-state index is 12.7. The zero-order valence-corrected chi connectivity index (χ0v) is 14.5. The van der Waals surface area contributed by atoms with Crippen molar-refractivity contribution in [2.45, 2.75) is 12.2 Å². The van der Waals surface area contributed by atoms with Crippen LogP contribution in [0.2, 0.25) is 0 Å². The second kappa shape index (κ2) is 6.34. The molecule has 0 radical (unpaired) electrons. The summed E-state index contributed by atoms with van der Waals surface area (Å²) in [6, 6.07) is 8.66. The van der Waals surface area contributed by atoms with Crippen LogP contribution in [0.3, 0.4) is 0 Å². The van der Waals surface area contributed by atoms with Gasteiger partial charge in [-0.25, -0.2) is 18.1 Å². The lowest BCUT2D eigenvalue weighted by molar-refractivity contribution is 0.102. The molecule has 0 unspecified atom stereocenters. The van der Waals surface area contributed by atoms with Crippen LogP contribution in [0.25, 0.3) is 5.82 Å². The molecule has 0 fully saturated rings. The minimum Gasteiger partial charge on any atom is -0.320 e. The number of aromatic nitrogens is 4. The van der Waals surface area contributed by atoms with Crippen LogP contribution < -0.4 is 5.32 Å². The van der Waals surface area contributed by atoms with Gasteiger partial charge in [0.05, 0.1) is 17.2 Å². The number of nitrogens with one attached hydrogen (secondary N) is 1. The first-order chi connectivity index (χ1) is 12.5. The fourth-order valence-corrected chi connectivity index (χ4v) is 4.31. The molecule has 1 aliphatic heterocycles. The zero-order chi connectivity index (χ0) is 18.1. The van der Waals surface area contributed by atoms with Crippen molar-refractivity contribution in [3.63, 3.8) is 0 Å². The number of hydrogen-bond donors (Lipinski definition) is 1. The van der Waals surface area contributed by atoms with Gasteiger partial charge in [-0.2, -0.15) is 5.10 Å².